The molecule has 340 valence electrons. The molecule has 0 saturated heterocycles. The molecule has 0 amide bonds. The van der Waals surface area contributed by atoms with Gasteiger partial charge in [-0.05, 0) is 159 Å². The lowest BCUT2D eigenvalue weighted by Crippen LogP contribution is -2.45. The first kappa shape index (κ1) is 50.4. The monoisotopic (exact) mass is 861 g/mol. The van der Waals surface area contributed by atoms with Crippen molar-refractivity contribution in [3.63, 3.8) is 0 Å². The second-order valence-electron chi connectivity index (χ2n) is 23.0. The first-order valence-corrected chi connectivity index (χ1v) is 23.4. The lowest BCUT2D eigenvalue weighted by molar-refractivity contribution is -0.143. The van der Waals surface area contributed by atoms with E-state index in [1.54, 1.807) is 20.8 Å². The third-order valence-corrected chi connectivity index (χ3v) is 14.3. The minimum Gasteiger partial charge on any atom is -0.508 e. The third-order valence-electron chi connectivity index (χ3n) is 13.7. The molecule has 2 aromatic rings. The Morgan fingerprint density at radius 2 is 1.08 bits per heavy atom. The van der Waals surface area contributed by atoms with Gasteiger partial charge >= 0.3 is 5.97 Å². The van der Waals surface area contributed by atoms with E-state index in [-0.39, 0.29) is 38.7 Å². The molecule has 4 aliphatic rings. The van der Waals surface area contributed by atoms with Gasteiger partial charge in [-0.1, -0.05) is 98.5 Å². The van der Waals surface area contributed by atoms with Gasteiger partial charge in [-0.2, -0.15) is 0 Å². The van der Waals surface area contributed by atoms with Crippen LogP contribution in [0.15, 0.2) is 47.6 Å². The van der Waals surface area contributed by atoms with Crippen LogP contribution in [0.5, 0.6) is 23.0 Å². The van der Waals surface area contributed by atoms with E-state index in [1.807, 2.05) is 26.8 Å². The molecular weight excluding hydrogens is 780 g/mol. The van der Waals surface area contributed by atoms with Gasteiger partial charge in [0.1, 0.15) is 34.2 Å². The highest BCUT2D eigenvalue weighted by Gasteiger charge is 2.48. The minimum atomic E-state index is -0.557. The van der Waals surface area contributed by atoms with Gasteiger partial charge in [-0.15, -0.1) is 0 Å². The van der Waals surface area contributed by atoms with E-state index in [0.29, 0.717) is 35.2 Å². The van der Waals surface area contributed by atoms with Crippen molar-refractivity contribution < 1.29 is 28.9 Å². The lowest BCUT2D eigenvalue weighted by atomic mass is 9.66. The van der Waals surface area contributed by atoms with Gasteiger partial charge in [0.15, 0.2) is 0 Å². The number of halogens is 1. The number of hydrogen-bond donors (Lipinski definition) is 1. The highest BCUT2D eigenvalue weighted by atomic mass is 35.5. The summed E-state index contributed by atoms with van der Waals surface area (Å²) < 4.78 is 19.2. The second-order valence-corrected chi connectivity index (χ2v) is 23.4. The van der Waals surface area contributed by atoms with Crippen molar-refractivity contribution in [3.8, 4) is 23.0 Å². The van der Waals surface area contributed by atoms with Crippen LogP contribution < -0.4 is 14.2 Å². The maximum Gasteiger partial charge on any atom is 0.316 e. The Labute approximate surface area is 375 Å². The van der Waals surface area contributed by atoms with E-state index < -0.39 is 5.41 Å². The Morgan fingerprint density at radius 3 is 1.48 bits per heavy atom. The Balaban J connectivity index is 0.000000236. The SMILES string of the molecule is CC(C)(C)C(=O)Cl.CCCC(C)(C)c1cc(O)c2c(c1)OC(C)(C)[C@@H]1CC=C(C)C[C@@H]21.CCCC(C)(C)c1cc(OC(=O)C(C)(C)C)c2c(c1)OC(C)(C)[C@@H]1CC=C(C)C[C@@H]21. The molecule has 2 heterocycles. The molecule has 7 heteroatoms. The van der Waals surface area contributed by atoms with Gasteiger partial charge in [0.25, 0.3) is 0 Å². The van der Waals surface area contributed by atoms with Crippen LogP contribution in [-0.4, -0.2) is 27.5 Å². The van der Waals surface area contributed by atoms with E-state index in [2.05, 4.69) is 113 Å². The zero-order chi connectivity index (χ0) is 46.3. The summed E-state index contributed by atoms with van der Waals surface area (Å²) in [5.41, 5.74) is 5.95. The van der Waals surface area contributed by atoms with E-state index in [9.17, 15) is 14.7 Å². The molecule has 0 bridgehead atoms. The highest BCUT2D eigenvalue weighted by Crippen LogP contribution is 2.57. The van der Waals surface area contributed by atoms with Crippen LogP contribution in [0.4, 0.5) is 0 Å². The topological polar surface area (TPSA) is 82.1 Å². The largest absolute Gasteiger partial charge is 0.508 e. The molecule has 6 rings (SSSR count). The number of phenolic OH excluding ortho intramolecular Hbond substituents is 1. The molecule has 1 N–H and O–H groups in total. The second kappa shape index (κ2) is 18.5. The molecule has 4 atom stereocenters. The Hall–Kier alpha value is -3.25. The number of esters is 1. The average molecular weight is 862 g/mol. The minimum absolute atomic E-state index is 0.0145. The van der Waals surface area contributed by atoms with Crippen molar-refractivity contribution in [1.82, 2.24) is 0 Å². The molecule has 0 radical (unpaired) electrons. The Kier molecular flexibility index (Phi) is 15.3. The van der Waals surface area contributed by atoms with Gasteiger partial charge < -0.3 is 19.3 Å². The number of rotatable bonds is 7. The van der Waals surface area contributed by atoms with Gasteiger partial charge in [0.2, 0.25) is 5.24 Å². The predicted molar refractivity (Wildman–Crippen MR) is 254 cm³/mol. The zero-order valence-electron chi connectivity index (χ0n) is 41.3. The molecule has 6 nitrogen and oxygen atoms in total. The molecule has 0 saturated carbocycles. The molecule has 2 aromatic carbocycles. The summed E-state index contributed by atoms with van der Waals surface area (Å²) in [5, 5.41) is 10.6. The number of carbonyl (C=O) groups is 2. The van der Waals surface area contributed by atoms with E-state index >= 15 is 0 Å². The molecule has 0 spiro atoms. The first-order chi connectivity index (χ1) is 27.9. The molecule has 0 unspecified atom stereocenters. The van der Waals surface area contributed by atoms with Crippen LogP contribution in [0.1, 0.15) is 210 Å². The number of carbonyl (C=O) groups excluding carboxylic acids is 2. The van der Waals surface area contributed by atoms with E-state index in [1.165, 1.54) is 22.3 Å². The van der Waals surface area contributed by atoms with Gasteiger partial charge in [0.05, 0.1) is 5.41 Å². The average Bonchev–Trinajstić information content (AvgIpc) is 3.10. The molecule has 0 aromatic heterocycles. The summed E-state index contributed by atoms with van der Waals surface area (Å²) in [6.45, 7) is 37.7. The summed E-state index contributed by atoms with van der Waals surface area (Å²) in [7, 11) is 0. The fraction of sp³-hybridized carbons (Fsp3) is 0.667. The molecule has 61 heavy (non-hydrogen) atoms. The van der Waals surface area contributed by atoms with Gasteiger partial charge in [-0.25, -0.2) is 0 Å². The number of aromatic hydroxyl groups is 1. The molecular formula is C54H81ClO6. The van der Waals surface area contributed by atoms with Crippen LogP contribution in [0, 0.1) is 22.7 Å². The lowest BCUT2D eigenvalue weighted by Gasteiger charge is -2.47. The fourth-order valence-corrected chi connectivity index (χ4v) is 9.77. The molecule has 2 aliphatic carbocycles. The summed E-state index contributed by atoms with van der Waals surface area (Å²) >= 11 is 5.11. The Bertz CT molecular complexity index is 1980. The van der Waals surface area contributed by atoms with E-state index in [0.717, 1.165) is 74.0 Å². The van der Waals surface area contributed by atoms with Crippen molar-refractivity contribution in [3.05, 3.63) is 69.8 Å². The summed E-state index contributed by atoms with van der Waals surface area (Å²) in [6, 6.07) is 8.51. The highest BCUT2D eigenvalue weighted by molar-refractivity contribution is 6.64. The summed E-state index contributed by atoms with van der Waals surface area (Å²) in [6.07, 6.45) is 13.1. The Morgan fingerprint density at radius 1 is 0.689 bits per heavy atom. The van der Waals surface area contributed by atoms with E-state index in [4.69, 9.17) is 25.8 Å². The summed E-state index contributed by atoms with van der Waals surface area (Å²) in [5.74, 6) is 4.18. The molecule has 2 aliphatic heterocycles. The number of phenols is 1. The third kappa shape index (κ3) is 11.7. The zero-order valence-corrected chi connectivity index (χ0v) is 42.1. The number of fused-ring (bicyclic) bond motifs is 6. The van der Waals surface area contributed by atoms with Crippen LogP contribution in [0.2, 0.25) is 0 Å². The standard InChI is InChI=1S/C27H40O3.C22H32O2.C5H9ClO/c1-10-13-26(6,7)18-15-21(29-24(28)25(3,4)5)23-19-14-17(2)11-12-20(19)27(8,9)30-22(23)16-18;1-7-10-21(3,4)15-12-18(23)20-16-11-14(2)8-9-17(16)22(5,6)24-19(20)13-15;1-5(2,3)4(6)7/h11,15-16,19-20H,10,12-14H2,1-9H3;8,12-13,16-17,23H,7,9-11H2,1-6H3;1-3H3/t19-,20-;16-,17-;/m11./s1. The smallest absolute Gasteiger partial charge is 0.316 e. The normalized spacial score (nSPS) is 22.6. The van der Waals surface area contributed by atoms with Crippen molar-refractivity contribution in [2.24, 2.45) is 22.7 Å². The molecule has 0 fully saturated rings. The van der Waals surface area contributed by atoms with Crippen LogP contribution in [0.3, 0.4) is 0 Å². The number of allylic oxidation sites excluding steroid dienone is 4. The fourth-order valence-electron chi connectivity index (χ4n) is 9.77. The van der Waals surface area contributed by atoms with Gasteiger partial charge in [0, 0.05) is 40.2 Å². The van der Waals surface area contributed by atoms with Crippen molar-refractivity contribution >= 4 is 22.8 Å². The maximum atomic E-state index is 12.9. The van der Waals surface area contributed by atoms with Crippen molar-refractivity contribution in [1.29, 1.82) is 0 Å². The van der Waals surface area contributed by atoms with Crippen LogP contribution in [0.25, 0.3) is 0 Å². The number of ether oxygens (including phenoxy) is 3. The maximum absolute atomic E-state index is 12.9. The predicted octanol–water partition coefficient (Wildman–Crippen LogP) is 15.2. The van der Waals surface area contributed by atoms with Gasteiger partial charge in [-0.3, -0.25) is 9.59 Å². The first-order valence-electron chi connectivity index (χ1n) is 23.0. The van der Waals surface area contributed by atoms with Crippen LogP contribution in [-0.2, 0) is 20.4 Å². The van der Waals surface area contributed by atoms with Crippen LogP contribution >= 0.6 is 11.6 Å². The van der Waals surface area contributed by atoms with Crippen molar-refractivity contribution in [2.75, 3.05) is 0 Å². The quantitative estimate of drug-likeness (QED) is 0.129. The van der Waals surface area contributed by atoms with Crippen molar-refractivity contribution in [2.45, 2.75) is 210 Å². The summed E-state index contributed by atoms with van der Waals surface area (Å²) in [4.78, 5) is 23.1. The number of benzene rings is 2. The number of hydrogen-bond acceptors (Lipinski definition) is 6.